The van der Waals surface area contributed by atoms with Crippen LogP contribution >= 0.6 is 11.8 Å². The summed E-state index contributed by atoms with van der Waals surface area (Å²) < 4.78 is 22.4. The number of carbonyl (C=O) groups excluding carboxylic acids is 1. The molecule has 2 aromatic heterocycles. The van der Waals surface area contributed by atoms with Gasteiger partial charge in [0, 0.05) is 25.8 Å². The molecule has 1 N–H and O–H groups in total. The Labute approximate surface area is 178 Å². The van der Waals surface area contributed by atoms with E-state index in [2.05, 4.69) is 20.6 Å². The summed E-state index contributed by atoms with van der Waals surface area (Å²) in [4.78, 5) is 12.2. The lowest BCUT2D eigenvalue weighted by atomic mass is 10.2. The van der Waals surface area contributed by atoms with Crippen LogP contribution < -0.4 is 10.1 Å². The Morgan fingerprint density at radius 2 is 1.93 bits per heavy atom. The highest BCUT2D eigenvalue weighted by Gasteiger charge is 2.20. The first-order valence-corrected chi connectivity index (χ1v) is 10.8. The highest BCUT2D eigenvalue weighted by Crippen LogP contribution is 2.30. The zero-order valence-electron chi connectivity index (χ0n) is 17.3. The second-order valence-corrected chi connectivity index (χ2v) is 7.32. The monoisotopic (exact) mass is 432 g/mol. The van der Waals surface area contributed by atoms with E-state index in [1.165, 1.54) is 23.9 Å². The Hall–Kier alpha value is -2.88. The summed E-state index contributed by atoms with van der Waals surface area (Å²) in [6.45, 7) is 8.12. The van der Waals surface area contributed by atoms with Crippen LogP contribution in [0.25, 0.3) is 11.4 Å². The molecule has 3 rings (SSSR count). The van der Waals surface area contributed by atoms with Gasteiger partial charge < -0.3 is 14.6 Å². The van der Waals surface area contributed by atoms with E-state index in [0.29, 0.717) is 36.6 Å². The molecule has 0 radical (unpaired) electrons. The fourth-order valence-corrected chi connectivity index (χ4v) is 3.66. The molecule has 0 aliphatic rings. The largest absolute Gasteiger partial charge is 0.476 e. The number of carbonyl (C=O) groups is 1. The molecule has 0 fully saturated rings. The van der Waals surface area contributed by atoms with Crippen LogP contribution in [0.2, 0.25) is 0 Å². The van der Waals surface area contributed by atoms with Gasteiger partial charge >= 0.3 is 0 Å². The van der Waals surface area contributed by atoms with Crippen LogP contribution in [0.4, 0.5) is 4.39 Å². The zero-order valence-corrected chi connectivity index (χ0v) is 18.1. The molecule has 3 aromatic rings. The number of thioether (sulfide) groups is 1. The average Bonchev–Trinajstić information content (AvgIpc) is 3.35. The van der Waals surface area contributed by atoms with Crippen molar-refractivity contribution in [3.05, 3.63) is 41.8 Å². The lowest BCUT2D eigenvalue weighted by Crippen LogP contribution is -2.24. The number of nitrogens with one attached hydrogen (secondary N) is 1. The van der Waals surface area contributed by atoms with Gasteiger partial charge in [-0.2, -0.15) is 0 Å². The smallest absolute Gasteiger partial charge is 0.243 e. The molecule has 0 spiro atoms. The van der Waals surface area contributed by atoms with Crippen molar-refractivity contribution < 1.29 is 13.9 Å². The molecule has 0 unspecified atom stereocenters. The maximum absolute atomic E-state index is 13.0. The van der Waals surface area contributed by atoms with Crippen LogP contribution in [0.5, 0.6) is 5.88 Å². The third-order valence-corrected chi connectivity index (χ3v) is 5.31. The van der Waals surface area contributed by atoms with Crippen LogP contribution in [0.1, 0.15) is 26.3 Å². The number of benzene rings is 1. The molecule has 30 heavy (non-hydrogen) atoms. The Balaban J connectivity index is 1.66. The lowest BCUT2D eigenvalue weighted by Gasteiger charge is -2.08. The summed E-state index contributed by atoms with van der Waals surface area (Å²) >= 11 is 1.31. The number of hydrogen-bond donors (Lipinski definition) is 1. The summed E-state index contributed by atoms with van der Waals surface area (Å²) in [5.41, 5.74) is 1.62. The van der Waals surface area contributed by atoms with E-state index in [-0.39, 0.29) is 17.5 Å². The van der Waals surface area contributed by atoms with E-state index < -0.39 is 0 Å². The standard InChI is InChI=1S/C20H25FN6O2S/c1-4-26-12-16(19(25-26)29-6-3)18-23-24-20(27(18)5-2)30-13-17(28)22-11-14-7-9-15(21)10-8-14/h7-10,12H,4-6,11,13H2,1-3H3,(H,22,28). The van der Waals surface area contributed by atoms with Crippen molar-refractivity contribution in [3.8, 4) is 17.3 Å². The number of aromatic nitrogens is 5. The highest BCUT2D eigenvalue weighted by molar-refractivity contribution is 7.99. The highest BCUT2D eigenvalue weighted by atomic mass is 32.2. The van der Waals surface area contributed by atoms with Crippen LogP contribution in [-0.4, -0.2) is 42.8 Å². The van der Waals surface area contributed by atoms with Gasteiger partial charge in [0.05, 0.1) is 12.4 Å². The van der Waals surface area contributed by atoms with Crippen LogP contribution in [-0.2, 0) is 24.4 Å². The molecule has 8 nitrogen and oxygen atoms in total. The molecule has 160 valence electrons. The van der Waals surface area contributed by atoms with E-state index in [9.17, 15) is 9.18 Å². The van der Waals surface area contributed by atoms with Gasteiger partial charge in [0.2, 0.25) is 11.8 Å². The van der Waals surface area contributed by atoms with Gasteiger partial charge in [-0.15, -0.1) is 15.3 Å². The zero-order chi connectivity index (χ0) is 21.5. The molecule has 0 atom stereocenters. The van der Waals surface area contributed by atoms with Crippen molar-refractivity contribution in [2.24, 2.45) is 0 Å². The fourth-order valence-electron chi connectivity index (χ4n) is 2.83. The molecule has 0 saturated heterocycles. The minimum absolute atomic E-state index is 0.134. The number of rotatable bonds is 10. The van der Waals surface area contributed by atoms with Gasteiger partial charge in [0.15, 0.2) is 11.0 Å². The quantitative estimate of drug-likeness (QED) is 0.496. The topological polar surface area (TPSA) is 86.9 Å². The van der Waals surface area contributed by atoms with Gasteiger partial charge in [-0.25, -0.2) is 4.39 Å². The SMILES string of the molecule is CCOc1nn(CC)cc1-c1nnc(SCC(=O)NCc2ccc(F)cc2)n1CC. The van der Waals surface area contributed by atoms with E-state index in [0.717, 1.165) is 17.7 Å². The summed E-state index contributed by atoms with van der Waals surface area (Å²) in [5, 5.41) is 16.5. The molecule has 0 saturated carbocycles. The van der Waals surface area contributed by atoms with Gasteiger partial charge in [-0.05, 0) is 38.5 Å². The Kier molecular flexibility index (Phi) is 7.45. The summed E-state index contributed by atoms with van der Waals surface area (Å²) in [5.74, 6) is 0.953. The third kappa shape index (κ3) is 5.18. The van der Waals surface area contributed by atoms with Gasteiger partial charge in [0.25, 0.3) is 0 Å². The van der Waals surface area contributed by atoms with Crippen molar-refractivity contribution in [1.82, 2.24) is 29.9 Å². The molecular formula is C20H25FN6O2S. The summed E-state index contributed by atoms with van der Waals surface area (Å²) in [6, 6.07) is 6.04. The molecule has 0 bridgehead atoms. The second-order valence-electron chi connectivity index (χ2n) is 6.38. The van der Waals surface area contributed by atoms with E-state index in [4.69, 9.17) is 4.74 Å². The predicted octanol–water partition coefficient (Wildman–Crippen LogP) is 3.13. The molecule has 0 aliphatic carbocycles. The minimum Gasteiger partial charge on any atom is -0.476 e. The van der Waals surface area contributed by atoms with Crippen molar-refractivity contribution >= 4 is 17.7 Å². The molecule has 10 heteroatoms. The number of halogens is 1. The van der Waals surface area contributed by atoms with Crippen molar-refractivity contribution in [2.75, 3.05) is 12.4 Å². The predicted molar refractivity (Wildman–Crippen MR) is 113 cm³/mol. The number of amides is 1. The Morgan fingerprint density at radius 3 is 2.60 bits per heavy atom. The number of aryl methyl sites for hydroxylation is 1. The first kappa shape index (κ1) is 21.8. The first-order valence-electron chi connectivity index (χ1n) is 9.83. The van der Waals surface area contributed by atoms with E-state index in [1.54, 1.807) is 16.8 Å². The lowest BCUT2D eigenvalue weighted by molar-refractivity contribution is -0.118. The second kappa shape index (κ2) is 10.2. The van der Waals surface area contributed by atoms with E-state index >= 15 is 0 Å². The molecular weight excluding hydrogens is 407 g/mol. The fraction of sp³-hybridized carbons (Fsp3) is 0.400. The normalized spacial score (nSPS) is 10.9. The van der Waals surface area contributed by atoms with Gasteiger partial charge in [0.1, 0.15) is 11.4 Å². The molecule has 2 heterocycles. The summed E-state index contributed by atoms with van der Waals surface area (Å²) in [6.07, 6.45) is 1.89. The van der Waals surface area contributed by atoms with Gasteiger partial charge in [-0.1, -0.05) is 23.9 Å². The van der Waals surface area contributed by atoms with Gasteiger partial charge in [-0.3, -0.25) is 9.48 Å². The van der Waals surface area contributed by atoms with Crippen molar-refractivity contribution in [3.63, 3.8) is 0 Å². The Bertz CT molecular complexity index is 986. The molecule has 0 aliphatic heterocycles. The maximum Gasteiger partial charge on any atom is 0.243 e. The van der Waals surface area contributed by atoms with Crippen LogP contribution in [0.3, 0.4) is 0 Å². The number of hydrogen-bond acceptors (Lipinski definition) is 6. The molecule has 1 amide bonds. The molecule has 1 aromatic carbocycles. The number of ether oxygens (including phenoxy) is 1. The van der Waals surface area contributed by atoms with Crippen molar-refractivity contribution in [2.45, 2.75) is 45.6 Å². The van der Waals surface area contributed by atoms with Crippen LogP contribution in [0, 0.1) is 5.82 Å². The van der Waals surface area contributed by atoms with E-state index in [1.807, 2.05) is 31.5 Å². The third-order valence-electron chi connectivity index (χ3n) is 4.34. The minimum atomic E-state index is -0.299. The van der Waals surface area contributed by atoms with Crippen LogP contribution in [0.15, 0.2) is 35.6 Å². The Morgan fingerprint density at radius 1 is 1.17 bits per heavy atom. The average molecular weight is 433 g/mol. The summed E-state index contributed by atoms with van der Waals surface area (Å²) in [7, 11) is 0. The first-order chi connectivity index (χ1) is 14.5. The number of nitrogens with zero attached hydrogens (tertiary/aromatic N) is 5. The maximum atomic E-state index is 13.0. The van der Waals surface area contributed by atoms with Crippen molar-refractivity contribution in [1.29, 1.82) is 0 Å².